The standard InChI is InChI=1S/C19H26N4O2S/c1-2-6-18-22-16(14-26-18)11-21-19(24)23-10-5-8-17(12-23)25-13-15-7-3-4-9-20-15/h3-4,7,9,14,17H,2,5-6,8,10-13H2,1H3,(H,21,24). The molecule has 1 N–H and O–H groups in total. The number of piperidine rings is 1. The van der Waals surface area contributed by atoms with Crippen LogP contribution in [-0.4, -0.2) is 40.1 Å². The van der Waals surface area contributed by atoms with E-state index < -0.39 is 0 Å². The predicted molar refractivity (Wildman–Crippen MR) is 102 cm³/mol. The van der Waals surface area contributed by atoms with Crippen molar-refractivity contribution in [1.29, 1.82) is 0 Å². The first-order valence-corrected chi connectivity index (χ1v) is 10.1. The van der Waals surface area contributed by atoms with Crippen LogP contribution in [0.4, 0.5) is 4.79 Å². The molecule has 0 aromatic carbocycles. The average molecular weight is 375 g/mol. The van der Waals surface area contributed by atoms with Gasteiger partial charge in [-0.3, -0.25) is 4.98 Å². The lowest BCUT2D eigenvalue weighted by molar-refractivity contribution is -0.00168. The lowest BCUT2D eigenvalue weighted by Gasteiger charge is -2.32. The van der Waals surface area contributed by atoms with Gasteiger partial charge in [0.2, 0.25) is 0 Å². The van der Waals surface area contributed by atoms with Crippen molar-refractivity contribution in [3.63, 3.8) is 0 Å². The van der Waals surface area contributed by atoms with Crippen LogP contribution in [0.5, 0.6) is 0 Å². The summed E-state index contributed by atoms with van der Waals surface area (Å²) in [4.78, 5) is 23.1. The van der Waals surface area contributed by atoms with Gasteiger partial charge in [-0.25, -0.2) is 9.78 Å². The van der Waals surface area contributed by atoms with Crippen molar-refractivity contribution in [2.45, 2.75) is 51.9 Å². The number of thiazole rings is 1. The third-order valence-electron chi connectivity index (χ3n) is 4.34. The molecule has 2 aromatic heterocycles. The van der Waals surface area contributed by atoms with Gasteiger partial charge in [0, 0.05) is 24.7 Å². The zero-order chi connectivity index (χ0) is 18.2. The molecule has 2 amide bonds. The van der Waals surface area contributed by atoms with E-state index in [1.54, 1.807) is 17.5 Å². The van der Waals surface area contributed by atoms with Crippen LogP contribution in [0.25, 0.3) is 0 Å². The molecule has 0 aliphatic carbocycles. The van der Waals surface area contributed by atoms with Crippen LogP contribution in [0, 0.1) is 0 Å². The molecule has 6 nitrogen and oxygen atoms in total. The number of ether oxygens (including phenoxy) is 1. The molecule has 1 unspecified atom stereocenters. The SMILES string of the molecule is CCCc1nc(CNC(=O)N2CCCC(OCc3ccccn3)C2)cs1. The minimum absolute atomic E-state index is 0.0406. The van der Waals surface area contributed by atoms with Gasteiger partial charge in [0.1, 0.15) is 0 Å². The van der Waals surface area contributed by atoms with Crippen molar-refractivity contribution < 1.29 is 9.53 Å². The Morgan fingerprint density at radius 2 is 2.35 bits per heavy atom. The second kappa shape index (κ2) is 9.64. The van der Waals surface area contributed by atoms with E-state index >= 15 is 0 Å². The minimum atomic E-state index is -0.0406. The van der Waals surface area contributed by atoms with Crippen molar-refractivity contribution in [2.75, 3.05) is 13.1 Å². The van der Waals surface area contributed by atoms with Crippen LogP contribution in [0.1, 0.15) is 42.6 Å². The molecule has 1 aliphatic heterocycles. The summed E-state index contributed by atoms with van der Waals surface area (Å²) in [5.74, 6) is 0. The lowest BCUT2D eigenvalue weighted by atomic mass is 10.1. The highest BCUT2D eigenvalue weighted by Gasteiger charge is 2.24. The van der Waals surface area contributed by atoms with E-state index in [1.165, 1.54) is 0 Å². The van der Waals surface area contributed by atoms with Gasteiger partial charge in [0.25, 0.3) is 0 Å². The number of hydrogen-bond donors (Lipinski definition) is 1. The Morgan fingerprint density at radius 1 is 1.42 bits per heavy atom. The Kier molecular flexibility index (Phi) is 6.96. The Balaban J connectivity index is 1.43. The number of carbonyl (C=O) groups is 1. The zero-order valence-corrected chi connectivity index (χ0v) is 16.0. The van der Waals surface area contributed by atoms with Gasteiger partial charge in [0.05, 0.1) is 35.7 Å². The van der Waals surface area contributed by atoms with E-state index in [1.807, 2.05) is 28.5 Å². The summed E-state index contributed by atoms with van der Waals surface area (Å²) in [6, 6.07) is 5.76. The van der Waals surface area contributed by atoms with Gasteiger partial charge in [-0.1, -0.05) is 13.0 Å². The van der Waals surface area contributed by atoms with Crippen LogP contribution in [0.3, 0.4) is 0 Å². The molecule has 1 atom stereocenters. The molecule has 0 radical (unpaired) electrons. The van der Waals surface area contributed by atoms with Crippen LogP contribution >= 0.6 is 11.3 Å². The fraction of sp³-hybridized carbons (Fsp3) is 0.526. The fourth-order valence-corrected chi connectivity index (χ4v) is 3.88. The number of amides is 2. The summed E-state index contributed by atoms with van der Waals surface area (Å²) < 4.78 is 5.95. The molecule has 7 heteroatoms. The number of likely N-dealkylation sites (tertiary alicyclic amines) is 1. The van der Waals surface area contributed by atoms with Gasteiger partial charge < -0.3 is 15.0 Å². The highest BCUT2D eigenvalue weighted by Crippen LogP contribution is 2.15. The smallest absolute Gasteiger partial charge is 0.317 e. The van der Waals surface area contributed by atoms with E-state index in [0.29, 0.717) is 19.7 Å². The molecule has 3 rings (SSSR count). The Bertz CT molecular complexity index is 692. The van der Waals surface area contributed by atoms with Crippen molar-refractivity contribution in [3.8, 4) is 0 Å². The Morgan fingerprint density at radius 3 is 3.15 bits per heavy atom. The highest BCUT2D eigenvalue weighted by atomic mass is 32.1. The quantitative estimate of drug-likeness (QED) is 0.807. The van der Waals surface area contributed by atoms with Crippen molar-refractivity contribution in [1.82, 2.24) is 20.2 Å². The van der Waals surface area contributed by atoms with Crippen LogP contribution in [0.2, 0.25) is 0 Å². The molecule has 1 saturated heterocycles. The first-order valence-electron chi connectivity index (χ1n) is 9.22. The molecule has 0 saturated carbocycles. The largest absolute Gasteiger partial charge is 0.370 e. The number of pyridine rings is 1. The molecule has 2 aromatic rings. The fourth-order valence-electron chi connectivity index (χ4n) is 2.98. The van der Waals surface area contributed by atoms with Gasteiger partial charge in [-0.2, -0.15) is 0 Å². The molecule has 1 fully saturated rings. The molecular formula is C19H26N4O2S. The van der Waals surface area contributed by atoms with Gasteiger partial charge in [0.15, 0.2) is 0 Å². The number of nitrogens with one attached hydrogen (secondary N) is 1. The van der Waals surface area contributed by atoms with Crippen molar-refractivity contribution in [2.24, 2.45) is 0 Å². The second-order valence-electron chi connectivity index (χ2n) is 6.48. The monoisotopic (exact) mass is 374 g/mol. The summed E-state index contributed by atoms with van der Waals surface area (Å²) in [7, 11) is 0. The molecule has 140 valence electrons. The van der Waals surface area contributed by atoms with Gasteiger partial charge in [-0.15, -0.1) is 11.3 Å². The third kappa shape index (κ3) is 5.51. The molecular weight excluding hydrogens is 348 g/mol. The average Bonchev–Trinajstić information content (AvgIpc) is 3.13. The van der Waals surface area contributed by atoms with Gasteiger partial charge in [-0.05, 0) is 37.8 Å². The molecule has 3 heterocycles. The van der Waals surface area contributed by atoms with E-state index in [-0.39, 0.29) is 12.1 Å². The number of aryl methyl sites for hydroxylation is 1. The number of nitrogens with zero attached hydrogens (tertiary/aromatic N) is 3. The van der Waals surface area contributed by atoms with E-state index in [9.17, 15) is 4.79 Å². The second-order valence-corrected chi connectivity index (χ2v) is 7.43. The molecule has 1 aliphatic rings. The first kappa shape index (κ1) is 18.8. The van der Waals surface area contributed by atoms with E-state index in [2.05, 4.69) is 22.2 Å². The van der Waals surface area contributed by atoms with Crippen LogP contribution in [0.15, 0.2) is 29.8 Å². The minimum Gasteiger partial charge on any atom is -0.370 e. The van der Waals surface area contributed by atoms with Crippen molar-refractivity contribution in [3.05, 3.63) is 46.2 Å². The van der Waals surface area contributed by atoms with E-state index in [4.69, 9.17) is 4.74 Å². The number of urea groups is 1. The maximum atomic E-state index is 12.4. The van der Waals surface area contributed by atoms with Crippen molar-refractivity contribution >= 4 is 17.4 Å². The maximum Gasteiger partial charge on any atom is 0.317 e. The zero-order valence-electron chi connectivity index (χ0n) is 15.2. The topological polar surface area (TPSA) is 67.4 Å². The molecule has 0 bridgehead atoms. The molecule has 26 heavy (non-hydrogen) atoms. The lowest BCUT2D eigenvalue weighted by Crippen LogP contribution is -2.47. The Labute approximate surface area is 158 Å². The summed E-state index contributed by atoms with van der Waals surface area (Å²) in [5.41, 5.74) is 1.85. The summed E-state index contributed by atoms with van der Waals surface area (Å²) >= 11 is 1.66. The summed E-state index contributed by atoms with van der Waals surface area (Å²) in [6.07, 6.45) is 5.85. The van der Waals surface area contributed by atoms with Gasteiger partial charge >= 0.3 is 6.03 Å². The number of aromatic nitrogens is 2. The third-order valence-corrected chi connectivity index (χ3v) is 5.30. The predicted octanol–water partition coefficient (Wildman–Crippen LogP) is 3.38. The molecule has 0 spiro atoms. The summed E-state index contributed by atoms with van der Waals surface area (Å²) in [5, 5.41) is 6.15. The highest BCUT2D eigenvalue weighted by molar-refractivity contribution is 7.09. The maximum absolute atomic E-state index is 12.4. The first-order chi connectivity index (χ1) is 12.7. The number of rotatable bonds is 7. The Hall–Kier alpha value is -1.99. The van der Waals surface area contributed by atoms with Crippen LogP contribution in [-0.2, 0) is 24.3 Å². The summed E-state index contributed by atoms with van der Waals surface area (Å²) in [6.45, 7) is 4.50. The van der Waals surface area contributed by atoms with Crippen LogP contribution < -0.4 is 5.32 Å². The van der Waals surface area contributed by atoms with E-state index in [0.717, 1.165) is 48.6 Å². The number of hydrogen-bond acceptors (Lipinski definition) is 5. The normalized spacial score (nSPS) is 17.3. The number of carbonyl (C=O) groups excluding carboxylic acids is 1.